The van der Waals surface area contributed by atoms with Crippen LogP contribution in [0, 0.1) is 6.92 Å². The van der Waals surface area contributed by atoms with E-state index in [1.165, 1.54) is 18.2 Å². The molecule has 4 rings (SSSR count). The second-order valence-electron chi connectivity index (χ2n) is 8.23. The van der Waals surface area contributed by atoms with Crippen LogP contribution in [0.15, 0.2) is 73.3 Å². The fourth-order valence-electron chi connectivity index (χ4n) is 3.45. The van der Waals surface area contributed by atoms with Crippen LogP contribution < -0.4 is 16.0 Å². The molecule has 0 atom stereocenters. The topological polar surface area (TPSA) is 109 Å². The average Bonchev–Trinajstić information content (AvgIpc) is 3.30. The van der Waals surface area contributed by atoms with Crippen LogP contribution in [0.1, 0.15) is 31.8 Å². The number of alkyl halides is 3. The van der Waals surface area contributed by atoms with Gasteiger partial charge in [-0.05, 0) is 61.0 Å². The second-order valence-corrected chi connectivity index (χ2v) is 9.26. The van der Waals surface area contributed by atoms with Crippen molar-refractivity contribution < 1.29 is 32.3 Å². The number of halogens is 3. The molecule has 0 bridgehead atoms. The number of carbonyl (C=O) groups is 3. The number of aryl methyl sites for hydroxylation is 1. The van der Waals surface area contributed by atoms with Gasteiger partial charge in [-0.25, -0.2) is 9.78 Å². The lowest BCUT2D eigenvalue weighted by Crippen LogP contribution is -2.15. The predicted octanol–water partition coefficient (Wildman–Crippen LogP) is 6.86. The van der Waals surface area contributed by atoms with Crippen molar-refractivity contribution in [3.63, 3.8) is 0 Å². The number of thiazole rings is 1. The van der Waals surface area contributed by atoms with E-state index in [1.54, 1.807) is 37.3 Å². The molecule has 0 aliphatic heterocycles. The smallest absolute Gasteiger partial charge is 0.416 e. The molecule has 0 unspecified atom stereocenters. The highest BCUT2D eigenvalue weighted by molar-refractivity contribution is 7.22. The SMILES string of the molecule is C=CCOC(=O)Nc1nc2ccc(C(=O)Nc3cc(NC(=O)c4cccc(C(F)(F)F)c4)ccc3C)cc2s1. The summed E-state index contributed by atoms with van der Waals surface area (Å²) in [6.07, 6.45) is -3.82. The zero-order valence-electron chi connectivity index (χ0n) is 20.4. The number of benzene rings is 3. The summed E-state index contributed by atoms with van der Waals surface area (Å²) in [5.41, 5.74) is 1.20. The summed E-state index contributed by atoms with van der Waals surface area (Å²) in [5, 5.41) is 8.16. The van der Waals surface area contributed by atoms with Crippen LogP contribution in [0.25, 0.3) is 10.2 Å². The summed E-state index contributed by atoms with van der Waals surface area (Å²) in [5.74, 6) is -1.16. The van der Waals surface area contributed by atoms with Crippen LogP contribution in [0.5, 0.6) is 0 Å². The molecule has 0 aliphatic carbocycles. The lowest BCUT2D eigenvalue weighted by molar-refractivity contribution is -0.137. The Hall–Kier alpha value is -4.71. The van der Waals surface area contributed by atoms with E-state index in [-0.39, 0.29) is 17.9 Å². The van der Waals surface area contributed by atoms with Crippen molar-refractivity contribution in [2.45, 2.75) is 13.1 Å². The Balaban J connectivity index is 1.47. The molecule has 3 amide bonds. The van der Waals surface area contributed by atoms with Crippen molar-refractivity contribution in [3.8, 4) is 0 Å². The van der Waals surface area contributed by atoms with Gasteiger partial charge in [0.2, 0.25) is 0 Å². The van der Waals surface area contributed by atoms with E-state index in [1.807, 2.05) is 0 Å². The maximum Gasteiger partial charge on any atom is 0.416 e. The molecule has 0 saturated carbocycles. The molecular formula is C27H21F3N4O4S. The number of nitrogens with one attached hydrogen (secondary N) is 3. The maximum atomic E-state index is 13.0. The van der Waals surface area contributed by atoms with Gasteiger partial charge in [0.1, 0.15) is 6.61 Å². The number of nitrogens with zero attached hydrogens (tertiary/aromatic N) is 1. The highest BCUT2D eigenvalue weighted by Gasteiger charge is 2.31. The monoisotopic (exact) mass is 554 g/mol. The predicted molar refractivity (Wildman–Crippen MR) is 143 cm³/mol. The van der Waals surface area contributed by atoms with Gasteiger partial charge in [-0.2, -0.15) is 13.2 Å². The molecule has 0 fully saturated rings. The Morgan fingerprint density at radius 1 is 0.974 bits per heavy atom. The van der Waals surface area contributed by atoms with Gasteiger partial charge in [-0.15, -0.1) is 0 Å². The van der Waals surface area contributed by atoms with Crippen LogP contribution in [0.4, 0.5) is 34.5 Å². The molecule has 1 heterocycles. The molecule has 12 heteroatoms. The molecule has 0 spiro atoms. The lowest BCUT2D eigenvalue weighted by atomic mass is 10.1. The molecule has 0 aliphatic rings. The van der Waals surface area contributed by atoms with Crippen molar-refractivity contribution in [1.82, 2.24) is 4.98 Å². The fraction of sp³-hybridized carbons (Fsp3) is 0.111. The first-order valence-corrected chi connectivity index (χ1v) is 12.2. The molecule has 0 radical (unpaired) electrons. The van der Waals surface area contributed by atoms with Crippen molar-refractivity contribution >= 4 is 56.0 Å². The van der Waals surface area contributed by atoms with Crippen LogP contribution in [0.2, 0.25) is 0 Å². The van der Waals surface area contributed by atoms with Gasteiger partial charge in [-0.1, -0.05) is 36.1 Å². The molecule has 4 aromatic rings. The first-order valence-electron chi connectivity index (χ1n) is 11.4. The number of hydrogen-bond acceptors (Lipinski definition) is 6. The Labute approximate surface area is 224 Å². The van der Waals surface area contributed by atoms with Crippen molar-refractivity contribution in [1.29, 1.82) is 0 Å². The average molecular weight is 555 g/mol. The zero-order chi connectivity index (χ0) is 28.2. The minimum Gasteiger partial charge on any atom is -0.445 e. The van der Waals surface area contributed by atoms with E-state index in [0.29, 0.717) is 32.2 Å². The molecular weight excluding hydrogens is 533 g/mol. The molecule has 0 saturated heterocycles. The highest BCUT2D eigenvalue weighted by Crippen LogP contribution is 2.30. The summed E-state index contributed by atoms with van der Waals surface area (Å²) in [4.78, 5) is 41.6. The molecule has 1 aromatic heterocycles. The Morgan fingerprint density at radius 2 is 1.72 bits per heavy atom. The number of ether oxygens (including phenoxy) is 1. The summed E-state index contributed by atoms with van der Waals surface area (Å²) in [7, 11) is 0. The number of anilines is 3. The van der Waals surface area contributed by atoms with Gasteiger partial charge in [0, 0.05) is 22.5 Å². The first kappa shape index (κ1) is 27.3. The number of rotatable bonds is 7. The molecule has 3 aromatic carbocycles. The van der Waals surface area contributed by atoms with Gasteiger partial charge in [-0.3, -0.25) is 14.9 Å². The van der Waals surface area contributed by atoms with Gasteiger partial charge in [0.05, 0.1) is 15.8 Å². The van der Waals surface area contributed by atoms with Gasteiger partial charge < -0.3 is 15.4 Å². The Bertz CT molecular complexity index is 1580. The van der Waals surface area contributed by atoms with E-state index < -0.39 is 29.6 Å². The van der Waals surface area contributed by atoms with Crippen LogP contribution in [0.3, 0.4) is 0 Å². The summed E-state index contributed by atoms with van der Waals surface area (Å²) < 4.78 is 44.5. The number of aromatic nitrogens is 1. The summed E-state index contributed by atoms with van der Waals surface area (Å²) in [6, 6.07) is 13.7. The number of hydrogen-bond donors (Lipinski definition) is 3. The summed E-state index contributed by atoms with van der Waals surface area (Å²) in [6.45, 7) is 5.27. The minimum atomic E-state index is -4.57. The normalized spacial score (nSPS) is 11.1. The van der Waals surface area contributed by atoms with E-state index >= 15 is 0 Å². The van der Waals surface area contributed by atoms with E-state index in [9.17, 15) is 27.6 Å². The third-order valence-corrected chi connectivity index (χ3v) is 6.32. The van der Waals surface area contributed by atoms with Gasteiger partial charge >= 0.3 is 12.3 Å². The van der Waals surface area contributed by atoms with Crippen molar-refractivity contribution in [2.75, 3.05) is 22.6 Å². The quantitative estimate of drug-likeness (QED) is 0.216. The maximum absolute atomic E-state index is 13.0. The minimum absolute atomic E-state index is 0.0522. The van der Waals surface area contributed by atoms with Crippen molar-refractivity contribution in [2.24, 2.45) is 0 Å². The standard InChI is InChI=1S/C27H21F3N4O4S/c1-3-11-38-26(37)34-25-33-20-10-8-17(13-22(20)39-25)24(36)32-21-14-19(9-7-15(21)2)31-23(35)16-5-4-6-18(12-16)27(28,29)30/h3-10,12-14H,1,11H2,2H3,(H,31,35)(H,32,36)(H,33,34,37). The number of carbonyl (C=O) groups excluding carboxylic acids is 3. The first-order chi connectivity index (χ1) is 18.5. The van der Waals surface area contributed by atoms with Crippen molar-refractivity contribution in [3.05, 3.63) is 95.6 Å². The third-order valence-electron chi connectivity index (χ3n) is 5.39. The van der Waals surface area contributed by atoms with Crippen LogP contribution >= 0.6 is 11.3 Å². The molecule has 200 valence electrons. The number of fused-ring (bicyclic) bond motifs is 1. The largest absolute Gasteiger partial charge is 0.445 e. The molecule has 8 nitrogen and oxygen atoms in total. The van der Waals surface area contributed by atoms with Crippen LogP contribution in [-0.2, 0) is 10.9 Å². The Kier molecular flexibility index (Phi) is 7.96. The summed E-state index contributed by atoms with van der Waals surface area (Å²) >= 11 is 1.16. The van der Waals surface area contributed by atoms with E-state index in [2.05, 4.69) is 27.5 Å². The van der Waals surface area contributed by atoms with E-state index in [4.69, 9.17) is 4.74 Å². The van der Waals surface area contributed by atoms with Gasteiger partial charge in [0.15, 0.2) is 5.13 Å². The lowest BCUT2D eigenvalue weighted by Gasteiger charge is -2.13. The highest BCUT2D eigenvalue weighted by atomic mass is 32.1. The second kappa shape index (κ2) is 11.4. The zero-order valence-corrected chi connectivity index (χ0v) is 21.2. The number of amides is 3. The van der Waals surface area contributed by atoms with E-state index in [0.717, 1.165) is 29.5 Å². The van der Waals surface area contributed by atoms with Gasteiger partial charge in [0.25, 0.3) is 11.8 Å². The molecule has 39 heavy (non-hydrogen) atoms. The van der Waals surface area contributed by atoms with Crippen LogP contribution in [-0.4, -0.2) is 29.5 Å². The third kappa shape index (κ3) is 6.79. The fourth-order valence-corrected chi connectivity index (χ4v) is 4.34. The molecule has 3 N–H and O–H groups in total. The Morgan fingerprint density at radius 3 is 2.46 bits per heavy atom.